The van der Waals surface area contributed by atoms with Crippen molar-refractivity contribution in [2.45, 2.75) is 44.4 Å². The fourth-order valence-electron chi connectivity index (χ4n) is 2.84. The number of nitrogens with zero attached hydrogens (tertiary/aromatic N) is 1. The lowest BCUT2D eigenvalue weighted by molar-refractivity contribution is 0.159. The van der Waals surface area contributed by atoms with Crippen molar-refractivity contribution >= 4 is 10.0 Å². The summed E-state index contributed by atoms with van der Waals surface area (Å²) in [5, 5.41) is 0. The van der Waals surface area contributed by atoms with Gasteiger partial charge in [0.05, 0.1) is 5.75 Å². The van der Waals surface area contributed by atoms with Crippen LogP contribution in [0, 0.1) is 0 Å². The highest BCUT2D eigenvalue weighted by Crippen LogP contribution is 2.16. The molecule has 1 aliphatic rings. The highest BCUT2D eigenvalue weighted by Gasteiger charge is 2.17. The first-order valence-corrected chi connectivity index (χ1v) is 9.47. The van der Waals surface area contributed by atoms with Crippen LogP contribution in [0.1, 0.15) is 38.2 Å². The molecule has 0 aromatic heterocycles. The lowest BCUT2D eigenvalue weighted by Crippen LogP contribution is -2.39. The summed E-state index contributed by atoms with van der Waals surface area (Å²) < 4.78 is 26.7. The monoisotopic (exact) mass is 310 g/mol. The first-order chi connectivity index (χ1) is 10.1. The second kappa shape index (κ2) is 7.92. The summed E-state index contributed by atoms with van der Waals surface area (Å²) in [7, 11) is -3.22. The molecule has 0 aliphatic carbocycles. The number of piperidine rings is 1. The Balaban J connectivity index is 1.70. The van der Waals surface area contributed by atoms with Gasteiger partial charge < -0.3 is 4.90 Å². The maximum absolute atomic E-state index is 12.0. The first kappa shape index (κ1) is 16.5. The van der Waals surface area contributed by atoms with Crippen LogP contribution < -0.4 is 4.72 Å². The molecule has 0 amide bonds. The van der Waals surface area contributed by atoms with E-state index in [2.05, 4.69) is 16.5 Å². The maximum Gasteiger partial charge on any atom is 0.215 e. The van der Waals surface area contributed by atoms with Crippen LogP contribution in [0.2, 0.25) is 0 Å². The minimum atomic E-state index is -3.22. The van der Waals surface area contributed by atoms with Gasteiger partial charge in [0.1, 0.15) is 0 Å². The molecule has 4 nitrogen and oxygen atoms in total. The highest BCUT2D eigenvalue weighted by atomic mass is 32.2. The molecule has 1 unspecified atom stereocenters. The average Bonchev–Trinajstić information content (AvgIpc) is 2.46. The first-order valence-electron chi connectivity index (χ1n) is 7.82. The molecule has 1 aromatic rings. The quantitative estimate of drug-likeness (QED) is 0.787. The zero-order valence-electron chi connectivity index (χ0n) is 12.8. The van der Waals surface area contributed by atoms with E-state index in [1.807, 2.05) is 30.3 Å². The van der Waals surface area contributed by atoms with E-state index >= 15 is 0 Å². The molecule has 0 bridgehead atoms. The van der Waals surface area contributed by atoms with Crippen molar-refractivity contribution in [3.8, 4) is 0 Å². The molecule has 2 rings (SSSR count). The van der Waals surface area contributed by atoms with Crippen LogP contribution in [0.5, 0.6) is 0 Å². The van der Waals surface area contributed by atoms with Gasteiger partial charge in [0.25, 0.3) is 0 Å². The normalized spacial score (nSPS) is 20.5. The van der Waals surface area contributed by atoms with E-state index in [0.29, 0.717) is 12.6 Å². The molecule has 5 heteroatoms. The number of nitrogens with one attached hydrogen (secondary N) is 1. The third kappa shape index (κ3) is 5.77. The van der Waals surface area contributed by atoms with Gasteiger partial charge in [0.2, 0.25) is 10.0 Å². The van der Waals surface area contributed by atoms with Crippen molar-refractivity contribution in [1.29, 1.82) is 0 Å². The molecule has 1 aromatic carbocycles. The Morgan fingerprint density at radius 2 is 2.00 bits per heavy atom. The molecule has 0 spiro atoms. The Morgan fingerprint density at radius 3 is 2.71 bits per heavy atom. The Hall–Kier alpha value is -0.910. The van der Waals surface area contributed by atoms with Crippen LogP contribution >= 0.6 is 0 Å². The topological polar surface area (TPSA) is 49.4 Å². The minimum Gasteiger partial charge on any atom is -0.301 e. The standard InChI is InChI=1S/C16H26N2O2S/c1-15-8-5-6-12-18(15)13-7-11-17-21(19,20)14-16-9-3-2-4-10-16/h2-4,9-10,15,17H,5-8,11-14H2,1H3. The summed E-state index contributed by atoms with van der Waals surface area (Å²) in [5.74, 6) is 0.0634. The van der Waals surface area contributed by atoms with Crippen molar-refractivity contribution in [2.24, 2.45) is 0 Å². The van der Waals surface area contributed by atoms with Crippen LogP contribution in [-0.4, -0.2) is 39.0 Å². The van der Waals surface area contributed by atoms with Gasteiger partial charge in [-0.05, 0) is 44.8 Å². The Morgan fingerprint density at radius 1 is 1.24 bits per heavy atom. The molecule has 118 valence electrons. The summed E-state index contributed by atoms with van der Waals surface area (Å²) in [4.78, 5) is 2.47. The zero-order chi connectivity index (χ0) is 15.1. The molecule has 1 fully saturated rings. The number of hydrogen-bond acceptors (Lipinski definition) is 3. The zero-order valence-corrected chi connectivity index (χ0v) is 13.6. The molecular weight excluding hydrogens is 284 g/mol. The molecule has 1 heterocycles. The van der Waals surface area contributed by atoms with Gasteiger partial charge >= 0.3 is 0 Å². The van der Waals surface area contributed by atoms with E-state index in [1.54, 1.807) is 0 Å². The number of sulfonamides is 1. The van der Waals surface area contributed by atoms with Crippen molar-refractivity contribution in [1.82, 2.24) is 9.62 Å². The van der Waals surface area contributed by atoms with Crippen molar-refractivity contribution in [3.63, 3.8) is 0 Å². The van der Waals surface area contributed by atoms with Crippen LogP contribution in [0.25, 0.3) is 0 Å². The lowest BCUT2D eigenvalue weighted by Gasteiger charge is -2.33. The third-order valence-electron chi connectivity index (χ3n) is 4.08. The van der Waals surface area contributed by atoms with E-state index < -0.39 is 10.0 Å². The molecular formula is C16H26N2O2S. The fourth-order valence-corrected chi connectivity index (χ4v) is 4.03. The summed E-state index contributed by atoms with van der Waals surface area (Å²) >= 11 is 0. The van der Waals surface area contributed by atoms with Gasteiger partial charge in [-0.1, -0.05) is 36.8 Å². The SMILES string of the molecule is CC1CCCCN1CCCNS(=O)(=O)Cc1ccccc1. The average molecular weight is 310 g/mol. The largest absolute Gasteiger partial charge is 0.301 e. The number of likely N-dealkylation sites (tertiary alicyclic amines) is 1. The van der Waals surface area contributed by atoms with Gasteiger partial charge in [0, 0.05) is 12.6 Å². The summed E-state index contributed by atoms with van der Waals surface area (Å²) in [5.41, 5.74) is 0.828. The third-order valence-corrected chi connectivity index (χ3v) is 5.44. The van der Waals surface area contributed by atoms with Crippen LogP contribution in [-0.2, 0) is 15.8 Å². The van der Waals surface area contributed by atoms with Crippen LogP contribution in [0.4, 0.5) is 0 Å². The van der Waals surface area contributed by atoms with Crippen molar-refractivity contribution < 1.29 is 8.42 Å². The predicted molar refractivity (Wildman–Crippen MR) is 86.6 cm³/mol. The summed E-state index contributed by atoms with van der Waals surface area (Å²) in [6.45, 7) is 4.92. The van der Waals surface area contributed by atoms with Gasteiger partial charge in [-0.2, -0.15) is 0 Å². The fraction of sp³-hybridized carbons (Fsp3) is 0.625. The molecule has 1 saturated heterocycles. The molecule has 1 aliphatic heterocycles. The molecule has 0 radical (unpaired) electrons. The van der Waals surface area contributed by atoms with E-state index in [0.717, 1.165) is 25.1 Å². The maximum atomic E-state index is 12.0. The highest BCUT2D eigenvalue weighted by molar-refractivity contribution is 7.88. The molecule has 1 N–H and O–H groups in total. The summed E-state index contributed by atoms with van der Waals surface area (Å²) in [6, 6.07) is 9.94. The van der Waals surface area contributed by atoms with Gasteiger partial charge in [-0.15, -0.1) is 0 Å². The van der Waals surface area contributed by atoms with Crippen LogP contribution in [0.15, 0.2) is 30.3 Å². The predicted octanol–water partition coefficient (Wildman–Crippen LogP) is 2.37. The second-order valence-corrected chi connectivity index (χ2v) is 7.68. The van der Waals surface area contributed by atoms with Gasteiger partial charge in [-0.25, -0.2) is 13.1 Å². The Labute approximate surface area is 128 Å². The van der Waals surface area contributed by atoms with Gasteiger partial charge in [0.15, 0.2) is 0 Å². The summed E-state index contributed by atoms with van der Waals surface area (Å²) in [6.07, 6.45) is 4.73. The van der Waals surface area contributed by atoms with E-state index in [4.69, 9.17) is 0 Å². The number of rotatable bonds is 7. The van der Waals surface area contributed by atoms with Gasteiger partial charge in [-0.3, -0.25) is 0 Å². The molecule has 0 saturated carbocycles. The Bertz CT molecular complexity index is 516. The minimum absolute atomic E-state index is 0.0634. The number of hydrogen-bond donors (Lipinski definition) is 1. The van der Waals surface area contributed by atoms with E-state index in [9.17, 15) is 8.42 Å². The van der Waals surface area contributed by atoms with Crippen molar-refractivity contribution in [3.05, 3.63) is 35.9 Å². The number of benzene rings is 1. The van der Waals surface area contributed by atoms with E-state index in [-0.39, 0.29) is 5.75 Å². The van der Waals surface area contributed by atoms with Crippen LogP contribution in [0.3, 0.4) is 0 Å². The second-order valence-electron chi connectivity index (χ2n) is 5.87. The molecule has 1 atom stereocenters. The lowest BCUT2D eigenvalue weighted by atomic mass is 10.0. The van der Waals surface area contributed by atoms with E-state index in [1.165, 1.54) is 19.3 Å². The smallest absolute Gasteiger partial charge is 0.215 e. The Kier molecular flexibility index (Phi) is 6.21. The van der Waals surface area contributed by atoms with Crippen molar-refractivity contribution in [2.75, 3.05) is 19.6 Å². The molecule has 21 heavy (non-hydrogen) atoms.